The van der Waals surface area contributed by atoms with E-state index < -0.39 is 25.8 Å². The van der Waals surface area contributed by atoms with Gasteiger partial charge in [0.15, 0.2) is 15.4 Å². The van der Waals surface area contributed by atoms with E-state index in [1.807, 2.05) is 0 Å². The van der Waals surface area contributed by atoms with Crippen LogP contribution in [-0.4, -0.2) is 35.0 Å². The first-order chi connectivity index (χ1) is 12.7. The molecule has 0 aliphatic heterocycles. The topological polar surface area (TPSA) is 73.1 Å². The van der Waals surface area contributed by atoms with Crippen molar-refractivity contribution in [2.45, 2.75) is 29.1 Å². The van der Waals surface area contributed by atoms with E-state index in [0.717, 1.165) is 5.37 Å². The van der Waals surface area contributed by atoms with Crippen LogP contribution in [0.4, 0.5) is 13.2 Å². The SMILES string of the molecule is C/C=S(\c1ccc2oc(-c3ncccc3S(=O)(=O)CC)nc2c1)C(F)(F)F. The van der Waals surface area contributed by atoms with E-state index in [-0.39, 0.29) is 38.2 Å². The zero-order valence-corrected chi connectivity index (χ0v) is 16.0. The smallest absolute Gasteiger partial charge is 0.435 e. The van der Waals surface area contributed by atoms with Crippen LogP contribution in [0.5, 0.6) is 0 Å². The Hall–Kier alpha value is -2.20. The lowest BCUT2D eigenvalue weighted by Crippen LogP contribution is -2.06. The highest BCUT2D eigenvalue weighted by atomic mass is 32.2. The summed E-state index contributed by atoms with van der Waals surface area (Å²) in [7, 11) is -5.62. The minimum Gasteiger partial charge on any atom is -0.435 e. The number of hydrogen-bond acceptors (Lipinski definition) is 5. The van der Waals surface area contributed by atoms with Gasteiger partial charge in [-0.15, -0.1) is 0 Å². The van der Waals surface area contributed by atoms with Gasteiger partial charge in [-0.1, -0.05) is 22.8 Å². The first kappa shape index (κ1) is 19.6. The van der Waals surface area contributed by atoms with E-state index in [4.69, 9.17) is 4.42 Å². The molecule has 2 aromatic heterocycles. The van der Waals surface area contributed by atoms with Crippen LogP contribution in [0.15, 0.2) is 50.7 Å². The van der Waals surface area contributed by atoms with Gasteiger partial charge in [-0.05, 0) is 37.3 Å². The first-order valence-electron chi connectivity index (χ1n) is 7.85. The number of pyridine rings is 1. The Kier molecular flexibility index (Phi) is 5.13. The highest BCUT2D eigenvalue weighted by molar-refractivity contribution is 8.15. The molecule has 1 unspecified atom stereocenters. The van der Waals surface area contributed by atoms with E-state index in [1.165, 1.54) is 50.4 Å². The molecule has 0 aliphatic rings. The van der Waals surface area contributed by atoms with Crippen LogP contribution in [0.1, 0.15) is 13.8 Å². The van der Waals surface area contributed by atoms with E-state index in [9.17, 15) is 21.6 Å². The van der Waals surface area contributed by atoms with Crippen LogP contribution >= 0.6 is 10.5 Å². The molecule has 0 radical (unpaired) electrons. The first-order valence-corrected chi connectivity index (χ1v) is 10.8. The minimum absolute atomic E-state index is 0.0313. The van der Waals surface area contributed by atoms with E-state index in [2.05, 4.69) is 9.97 Å². The van der Waals surface area contributed by atoms with Gasteiger partial charge in [0.25, 0.3) is 0 Å². The average Bonchev–Trinajstić information content (AvgIpc) is 3.04. The number of fused-ring (bicyclic) bond motifs is 1. The normalized spacial score (nSPS) is 14.0. The summed E-state index contributed by atoms with van der Waals surface area (Å²) in [5, 5.41) is 1.09. The maximum atomic E-state index is 13.2. The highest BCUT2D eigenvalue weighted by Gasteiger charge is 2.33. The molecule has 3 aromatic rings. The Labute approximate surface area is 156 Å². The molecule has 0 saturated carbocycles. The van der Waals surface area contributed by atoms with Gasteiger partial charge in [-0.2, -0.15) is 13.2 Å². The maximum absolute atomic E-state index is 13.2. The van der Waals surface area contributed by atoms with Gasteiger partial charge < -0.3 is 4.42 Å². The lowest BCUT2D eigenvalue weighted by molar-refractivity contribution is -0.0334. The Morgan fingerprint density at radius 2 is 2.00 bits per heavy atom. The van der Waals surface area contributed by atoms with Crippen molar-refractivity contribution in [2.24, 2.45) is 0 Å². The fourth-order valence-corrected chi connectivity index (χ4v) is 4.80. The van der Waals surface area contributed by atoms with E-state index >= 15 is 0 Å². The lowest BCUT2D eigenvalue weighted by atomic mass is 10.3. The van der Waals surface area contributed by atoms with Crippen molar-refractivity contribution < 1.29 is 26.0 Å². The number of aromatic nitrogens is 2. The van der Waals surface area contributed by atoms with Crippen molar-refractivity contribution in [1.82, 2.24) is 9.97 Å². The number of alkyl halides is 3. The van der Waals surface area contributed by atoms with E-state index in [1.54, 1.807) is 0 Å². The number of benzene rings is 1. The van der Waals surface area contributed by atoms with Gasteiger partial charge in [0.05, 0.1) is 10.6 Å². The lowest BCUT2D eigenvalue weighted by Gasteiger charge is -2.12. The van der Waals surface area contributed by atoms with Gasteiger partial charge in [-0.3, -0.25) is 0 Å². The fraction of sp³-hybridized carbons (Fsp3) is 0.235. The number of hydrogen-bond donors (Lipinski definition) is 0. The minimum atomic E-state index is -4.39. The molecule has 1 atom stereocenters. The molecule has 0 bridgehead atoms. The van der Waals surface area contributed by atoms with E-state index in [0.29, 0.717) is 0 Å². The van der Waals surface area contributed by atoms with Crippen molar-refractivity contribution in [3.05, 3.63) is 36.5 Å². The summed E-state index contributed by atoms with van der Waals surface area (Å²) in [6, 6.07) is 6.91. The number of halogens is 3. The zero-order valence-electron chi connectivity index (χ0n) is 14.3. The Morgan fingerprint density at radius 1 is 1.26 bits per heavy atom. The third-order valence-electron chi connectivity index (χ3n) is 3.79. The average molecular weight is 416 g/mol. The van der Waals surface area contributed by atoms with Crippen LogP contribution in [0.3, 0.4) is 0 Å². The molecule has 0 spiro atoms. The van der Waals surface area contributed by atoms with Crippen molar-refractivity contribution in [3.63, 3.8) is 0 Å². The second-order valence-corrected chi connectivity index (χ2v) is 9.75. The molecule has 2 heterocycles. The van der Waals surface area contributed by atoms with Gasteiger partial charge in [-0.25, -0.2) is 18.4 Å². The van der Waals surface area contributed by atoms with Gasteiger partial charge >= 0.3 is 5.51 Å². The molecule has 27 heavy (non-hydrogen) atoms. The summed E-state index contributed by atoms with van der Waals surface area (Å²) in [5.74, 6) is -0.182. The molecule has 144 valence electrons. The molecule has 0 fully saturated rings. The van der Waals surface area contributed by atoms with Crippen LogP contribution in [0.2, 0.25) is 0 Å². The van der Waals surface area contributed by atoms with Crippen LogP contribution in [0, 0.1) is 0 Å². The summed E-state index contributed by atoms with van der Waals surface area (Å²) < 4.78 is 69.6. The third-order valence-corrected chi connectivity index (χ3v) is 7.28. The molecule has 3 rings (SSSR count). The molecular formula is C17H15F3N2O3S2. The predicted octanol–water partition coefficient (Wildman–Crippen LogP) is 4.65. The van der Waals surface area contributed by atoms with Crippen molar-refractivity contribution in [1.29, 1.82) is 0 Å². The number of oxazole rings is 1. The Morgan fingerprint density at radius 3 is 2.63 bits per heavy atom. The summed E-state index contributed by atoms with van der Waals surface area (Å²) in [4.78, 5) is 8.26. The second-order valence-electron chi connectivity index (χ2n) is 5.42. The monoisotopic (exact) mass is 416 g/mol. The molecule has 0 saturated heterocycles. The second kappa shape index (κ2) is 7.08. The molecule has 0 amide bonds. The number of sulfone groups is 1. The van der Waals surface area contributed by atoms with Crippen molar-refractivity contribution >= 4 is 36.8 Å². The predicted molar refractivity (Wildman–Crippen MR) is 98.6 cm³/mol. The quantitative estimate of drug-likeness (QED) is 0.579. The largest absolute Gasteiger partial charge is 0.440 e. The molecule has 5 nitrogen and oxygen atoms in total. The molecular weight excluding hydrogens is 401 g/mol. The zero-order chi connectivity index (χ0) is 19.8. The standard InChI is InChI=1S/C17H15F3N2O3S2/c1-3-26(17(18,19)20)11-7-8-13-12(10-11)22-16(25-13)15-14(6-5-9-21-15)27(23,24)4-2/h3,5-10H,4H2,1-2H3. The number of rotatable bonds is 4. The Balaban J connectivity index is 2.15. The van der Waals surface area contributed by atoms with Gasteiger partial charge in [0, 0.05) is 11.1 Å². The molecule has 1 aromatic carbocycles. The Bertz CT molecular complexity index is 1140. The number of nitrogens with zero attached hydrogens (tertiary/aromatic N) is 2. The van der Waals surface area contributed by atoms with Crippen LogP contribution in [0.25, 0.3) is 22.7 Å². The fourth-order valence-electron chi connectivity index (χ4n) is 2.51. The third kappa shape index (κ3) is 3.77. The summed E-state index contributed by atoms with van der Waals surface area (Å²) in [6.45, 7) is 2.86. The van der Waals surface area contributed by atoms with Gasteiger partial charge in [0.1, 0.15) is 11.2 Å². The summed E-state index contributed by atoms with van der Waals surface area (Å²) in [6.07, 6.45) is 1.40. The molecule has 0 N–H and O–H groups in total. The summed E-state index contributed by atoms with van der Waals surface area (Å²) in [5.41, 5.74) is -3.90. The van der Waals surface area contributed by atoms with Crippen molar-refractivity contribution in [3.8, 4) is 11.6 Å². The maximum Gasteiger partial charge on any atom is 0.440 e. The summed E-state index contributed by atoms with van der Waals surface area (Å²) >= 11 is 0. The van der Waals surface area contributed by atoms with Gasteiger partial charge in [0.2, 0.25) is 5.89 Å². The van der Waals surface area contributed by atoms with Crippen LogP contribution < -0.4 is 0 Å². The van der Waals surface area contributed by atoms with Crippen LogP contribution in [-0.2, 0) is 9.84 Å². The highest BCUT2D eigenvalue weighted by Crippen LogP contribution is 2.44. The molecule has 10 heteroatoms. The molecule has 0 aliphatic carbocycles. The van der Waals surface area contributed by atoms with Crippen molar-refractivity contribution in [2.75, 3.05) is 5.75 Å².